The van der Waals surface area contributed by atoms with E-state index < -0.39 is 21.9 Å². The molecule has 1 N–H and O–H groups in total. The molecule has 0 aliphatic heterocycles. The minimum absolute atomic E-state index is 0.406. The van der Waals surface area contributed by atoms with Crippen molar-refractivity contribution in [3.8, 4) is 0 Å². The zero-order valence-corrected chi connectivity index (χ0v) is 13.1. The van der Waals surface area contributed by atoms with Crippen molar-refractivity contribution in [1.29, 1.82) is 0 Å². The first-order valence-electron chi connectivity index (χ1n) is 5.97. The highest BCUT2D eigenvalue weighted by atomic mass is 32.2. The van der Waals surface area contributed by atoms with E-state index in [9.17, 15) is 13.2 Å². The first kappa shape index (κ1) is 16.2. The lowest BCUT2D eigenvalue weighted by molar-refractivity contribution is -0.498. The van der Waals surface area contributed by atoms with Crippen molar-refractivity contribution >= 4 is 22.1 Å². The summed E-state index contributed by atoms with van der Waals surface area (Å²) in [4.78, 5) is 13.2. The van der Waals surface area contributed by atoms with Gasteiger partial charge in [0.2, 0.25) is 0 Å². The van der Waals surface area contributed by atoms with Crippen LogP contribution in [0.2, 0.25) is 0 Å². The van der Waals surface area contributed by atoms with Crippen LogP contribution in [-0.4, -0.2) is 34.2 Å². The molecule has 0 atom stereocenters. The Morgan fingerprint density at radius 3 is 2.40 bits per heavy atom. The van der Waals surface area contributed by atoms with Crippen LogP contribution in [0.3, 0.4) is 0 Å². The molecule has 0 bridgehead atoms. The number of nitrogens with zero attached hydrogens (tertiary/aromatic N) is 2. The van der Waals surface area contributed by atoms with Crippen LogP contribution < -0.4 is 13.6 Å². The summed E-state index contributed by atoms with van der Waals surface area (Å²) in [6, 6.07) is 4.88. The van der Waals surface area contributed by atoms with Gasteiger partial charge in [-0.3, -0.25) is 4.90 Å². The first-order valence-corrected chi connectivity index (χ1v) is 7.41. The minimum atomic E-state index is -4.06. The molecular weight excluding hydrogens is 282 g/mol. The fourth-order valence-electron chi connectivity index (χ4n) is 1.42. The zero-order chi connectivity index (χ0) is 15.6. The standard InChI is InChI=1S/C12H19N3O4S/c1-12(2,3)19-11(16)13-20(17,18)15-9-7-6-8-10(15)14(4)5/h6-9H,1-5H3/p+1. The second-order valence-corrected chi connectivity index (χ2v) is 6.91. The number of carbonyl (C=O) groups is 1. The molecule has 7 nitrogen and oxygen atoms in total. The Kier molecular flexibility index (Phi) is 4.59. The van der Waals surface area contributed by atoms with Crippen molar-refractivity contribution < 1.29 is 21.9 Å². The monoisotopic (exact) mass is 302 g/mol. The second kappa shape index (κ2) is 5.66. The van der Waals surface area contributed by atoms with E-state index in [2.05, 4.69) is 0 Å². The number of rotatable bonds is 3. The summed E-state index contributed by atoms with van der Waals surface area (Å²) >= 11 is 0. The topological polar surface area (TPSA) is 79.6 Å². The number of aromatic nitrogens is 1. The van der Waals surface area contributed by atoms with E-state index in [0.717, 1.165) is 3.97 Å². The van der Waals surface area contributed by atoms with Gasteiger partial charge in [-0.05, 0) is 26.8 Å². The van der Waals surface area contributed by atoms with Crippen LogP contribution in [0.25, 0.3) is 0 Å². The summed E-state index contributed by atoms with van der Waals surface area (Å²) in [5.74, 6) is 0.406. The number of nitrogens with one attached hydrogen (secondary N) is 1. The molecule has 1 aromatic heterocycles. The first-order chi connectivity index (χ1) is 9.03. The largest absolute Gasteiger partial charge is 0.443 e. The lowest BCUT2D eigenvalue weighted by Gasteiger charge is -2.19. The van der Waals surface area contributed by atoms with E-state index >= 15 is 0 Å². The zero-order valence-electron chi connectivity index (χ0n) is 12.2. The Balaban J connectivity index is 3.04. The molecule has 1 amide bonds. The normalized spacial score (nSPS) is 11.8. The Bertz CT molecular complexity index is 591. The van der Waals surface area contributed by atoms with E-state index in [4.69, 9.17) is 4.74 Å². The number of hydrogen-bond donors (Lipinski definition) is 1. The van der Waals surface area contributed by atoms with Crippen LogP contribution in [-0.2, 0) is 14.9 Å². The SMILES string of the molecule is CN(C)c1cccc[n+]1S(=O)(=O)NC(=O)OC(C)(C)C. The van der Waals surface area contributed by atoms with Crippen LogP contribution >= 0.6 is 0 Å². The molecule has 0 aliphatic rings. The molecular formula is C12H20N3O4S+. The molecule has 1 aromatic rings. The molecule has 0 aliphatic carbocycles. The van der Waals surface area contributed by atoms with Gasteiger partial charge in [0.25, 0.3) is 5.82 Å². The highest BCUT2D eigenvalue weighted by Crippen LogP contribution is 2.07. The maximum absolute atomic E-state index is 12.2. The molecule has 0 unspecified atom stereocenters. The average molecular weight is 302 g/mol. The maximum atomic E-state index is 12.2. The molecule has 8 heteroatoms. The molecule has 1 heterocycles. The predicted molar refractivity (Wildman–Crippen MR) is 74.7 cm³/mol. The number of pyridine rings is 1. The van der Waals surface area contributed by atoms with Crippen LogP contribution in [0.5, 0.6) is 0 Å². The van der Waals surface area contributed by atoms with Crippen LogP contribution in [0, 0.1) is 0 Å². The van der Waals surface area contributed by atoms with Gasteiger partial charge < -0.3 is 4.74 Å². The number of ether oxygens (including phenoxy) is 1. The Labute approximate surface area is 119 Å². The number of hydrogen-bond acceptors (Lipinski definition) is 5. The van der Waals surface area contributed by atoms with Gasteiger partial charge in [-0.15, -0.1) is 3.97 Å². The highest BCUT2D eigenvalue weighted by molar-refractivity contribution is 7.83. The van der Waals surface area contributed by atoms with E-state index in [0.29, 0.717) is 5.82 Å². The Morgan fingerprint density at radius 1 is 1.30 bits per heavy atom. The summed E-state index contributed by atoms with van der Waals surface area (Å²) in [6.45, 7) is 4.96. The molecule has 0 saturated carbocycles. The van der Waals surface area contributed by atoms with Gasteiger partial charge in [-0.2, -0.15) is 13.1 Å². The van der Waals surface area contributed by atoms with Gasteiger partial charge in [-0.1, -0.05) is 6.07 Å². The van der Waals surface area contributed by atoms with Gasteiger partial charge in [0, 0.05) is 6.07 Å². The molecule has 1 rings (SSSR count). The fraction of sp³-hybridized carbons (Fsp3) is 0.500. The third-order valence-electron chi connectivity index (χ3n) is 2.13. The van der Waals surface area contributed by atoms with Crippen molar-refractivity contribution in [3.63, 3.8) is 0 Å². The molecule has 0 aromatic carbocycles. The second-order valence-electron chi connectivity index (χ2n) is 5.36. The molecule has 0 spiro atoms. The van der Waals surface area contributed by atoms with Crippen molar-refractivity contribution in [2.45, 2.75) is 26.4 Å². The highest BCUT2D eigenvalue weighted by Gasteiger charge is 2.28. The van der Waals surface area contributed by atoms with Gasteiger partial charge in [0.1, 0.15) is 11.8 Å². The summed E-state index contributed by atoms with van der Waals surface area (Å²) in [5.41, 5.74) is -0.772. The molecule has 112 valence electrons. The maximum Gasteiger partial charge on any atom is 0.424 e. The van der Waals surface area contributed by atoms with Crippen LogP contribution in [0.4, 0.5) is 10.6 Å². The molecule has 0 radical (unpaired) electrons. The molecule has 20 heavy (non-hydrogen) atoms. The Morgan fingerprint density at radius 2 is 1.90 bits per heavy atom. The molecule has 0 fully saturated rings. The summed E-state index contributed by atoms with van der Waals surface area (Å²) < 4.78 is 32.1. The van der Waals surface area contributed by atoms with Crippen LogP contribution in [0.15, 0.2) is 24.4 Å². The van der Waals surface area contributed by atoms with Gasteiger partial charge in [0.05, 0.1) is 14.1 Å². The van der Waals surface area contributed by atoms with Gasteiger partial charge in [-0.25, -0.2) is 4.79 Å². The van der Waals surface area contributed by atoms with Crippen molar-refractivity contribution in [3.05, 3.63) is 24.4 Å². The van der Waals surface area contributed by atoms with Gasteiger partial charge >= 0.3 is 16.3 Å². The summed E-state index contributed by atoms with van der Waals surface area (Å²) in [7, 11) is -0.651. The number of anilines is 1. The predicted octanol–water partition coefficient (Wildman–Crippen LogP) is 0.658. The minimum Gasteiger partial charge on any atom is -0.443 e. The Hall–Kier alpha value is -1.83. The third kappa shape index (κ3) is 4.37. The quantitative estimate of drug-likeness (QED) is 0.830. The van der Waals surface area contributed by atoms with E-state index in [1.165, 1.54) is 6.20 Å². The molecule has 0 saturated heterocycles. The van der Waals surface area contributed by atoms with E-state index in [-0.39, 0.29) is 0 Å². The van der Waals surface area contributed by atoms with Crippen molar-refractivity contribution in [2.75, 3.05) is 19.0 Å². The lowest BCUT2D eigenvalue weighted by atomic mass is 10.2. The lowest BCUT2D eigenvalue weighted by Crippen LogP contribution is -2.55. The fourth-order valence-corrected chi connectivity index (χ4v) is 2.47. The average Bonchev–Trinajstić information content (AvgIpc) is 2.25. The smallest absolute Gasteiger partial charge is 0.424 e. The summed E-state index contributed by atoms with van der Waals surface area (Å²) in [6.07, 6.45) is 0.334. The van der Waals surface area contributed by atoms with Crippen LogP contribution in [0.1, 0.15) is 20.8 Å². The van der Waals surface area contributed by atoms with E-state index in [1.54, 1.807) is 58.0 Å². The number of amides is 1. The van der Waals surface area contributed by atoms with Gasteiger partial charge in [0.15, 0.2) is 0 Å². The third-order valence-corrected chi connectivity index (χ3v) is 3.38. The van der Waals surface area contributed by atoms with Crippen molar-refractivity contribution in [1.82, 2.24) is 4.72 Å². The number of carbonyl (C=O) groups excluding carboxylic acids is 1. The summed E-state index contributed by atoms with van der Waals surface area (Å²) in [5, 5.41) is 0. The van der Waals surface area contributed by atoms with E-state index in [1.807, 2.05) is 4.72 Å². The van der Waals surface area contributed by atoms with Crippen molar-refractivity contribution in [2.24, 2.45) is 0 Å².